The van der Waals surface area contributed by atoms with Gasteiger partial charge in [-0.25, -0.2) is 4.79 Å². The van der Waals surface area contributed by atoms with Crippen LogP contribution in [0.1, 0.15) is 5.56 Å². The number of hydrogen-bond acceptors (Lipinski definition) is 3. The maximum atomic E-state index is 12.5. The van der Waals surface area contributed by atoms with Crippen LogP contribution in [0.2, 0.25) is 5.02 Å². The maximum absolute atomic E-state index is 12.5. The molecule has 2 aromatic carbocycles. The zero-order valence-corrected chi connectivity index (χ0v) is 14.5. The summed E-state index contributed by atoms with van der Waals surface area (Å²) >= 11 is 6.12. The van der Waals surface area contributed by atoms with Crippen LogP contribution in [0, 0.1) is 6.92 Å². The van der Waals surface area contributed by atoms with Crippen molar-refractivity contribution in [2.75, 3.05) is 5.32 Å². The standard InChI is InChI=1S/C18H16ClN3O3/c1-11-6-5-8-13(19)16(11)20-15(23)10-22-14-9-4-3-7-12(14)17(24)21(2)18(22)25/h3-9H,10H2,1-2H3,(H,20,23). The Bertz CT molecular complexity index is 1080. The summed E-state index contributed by atoms with van der Waals surface area (Å²) in [4.78, 5) is 37.1. The highest BCUT2D eigenvalue weighted by Gasteiger charge is 2.14. The van der Waals surface area contributed by atoms with Crippen molar-refractivity contribution in [3.05, 3.63) is 73.9 Å². The molecule has 0 atom stereocenters. The average molecular weight is 358 g/mol. The van der Waals surface area contributed by atoms with Gasteiger partial charge in [-0.1, -0.05) is 35.9 Å². The molecule has 0 bridgehead atoms. The van der Waals surface area contributed by atoms with Crippen LogP contribution in [0.5, 0.6) is 0 Å². The van der Waals surface area contributed by atoms with Crippen molar-refractivity contribution < 1.29 is 4.79 Å². The summed E-state index contributed by atoms with van der Waals surface area (Å²) in [6.45, 7) is 1.60. The molecule has 0 aliphatic carbocycles. The average Bonchev–Trinajstić information content (AvgIpc) is 2.60. The minimum Gasteiger partial charge on any atom is -0.323 e. The SMILES string of the molecule is Cc1cccc(Cl)c1NC(=O)Cn1c(=O)n(C)c(=O)c2ccccc21. The van der Waals surface area contributed by atoms with Crippen molar-refractivity contribution in [3.63, 3.8) is 0 Å². The lowest BCUT2D eigenvalue weighted by atomic mass is 10.2. The summed E-state index contributed by atoms with van der Waals surface area (Å²) in [6.07, 6.45) is 0. The van der Waals surface area contributed by atoms with Crippen molar-refractivity contribution >= 4 is 34.1 Å². The van der Waals surface area contributed by atoms with Gasteiger partial charge in [-0.05, 0) is 30.7 Å². The Balaban J connectivity index is 2.03. The van der Waals surface area contributed by atoms with Crippen LogP contribution in [0.25, 0.3) is 10.9 Å². The first-order valence-corrected chi connectivity index (χ1v) is 8.01. The van der Waals surface area contributed by atoms with Gasteiger partial charge in [-0.3, -0.25) is 18.7 Å². The lowest BCUT2D eigenvalue weighted by Gasteiger charge is -2.13. The zero-order valence-electron chi connectivity index (χ0n) is 13.7. The molecule has 0 saturated carbocycles. The number of carbonyl (C=O) groups is 1. The van der Waals surface area contributed by atoms with E-state index in [4.69, 9.17) is 11.6 Å². The number of amides is 1. The lowest BCUT2D eigenvalue weighted by molar-refractivity contribution is -0.116. The van der Waals surface area contributed by atoms with Gasteiger partial charge in [0.1, 0.15) is 6.54 Å². The van der Waals surface area contributed by atoms with Crippen LogP contribution >= 0.6 is 11.6 Å². The van der Waals surface area contributed by atoms with Crippen molar-refractivity contribution in [1.29, 1.82) is 0 Å². The van der Waals surface area contributed by atoms with E-state index < -0.39 is 11.6 Å². The molecule has 128 valence electrons. The second-order valence-corrected chi connectivity index (χ2v) is 6.14. The second kappa shape index (κ2) is 6.57. The molecule has 3 aromatic rings. The van der Waals surface area contributed by atoms with E-state index in [0.717, 1.165) is 10.1 Å². The molecule has 0 radical (unpaired) electrons. The van der Waals surface area contributed by atoms with Gasteiger partial charge in [0.25, 0.3) is 5.56 Å². The van der Waals surface area contributed by atoms with Crippen molar-refractivity contribution in [2.45, 2.75) is 13.5 Å². The normalized spacial score (nSPS) is 10.8. The Morgan fingerprint density at radius 1 is 1.12 bits per heavy atom. The van der Waals surface area contributed by atoms with Gasteiger partial charge >= 0.3 is 5.69 Å². The Morgan fingerprint density at radius 3 is 2.56 bits per heavy atom. The van der Waals surface area contributed by atoms with E-state index in [0.29, 0.717) is 21.6 Å². The second-order valence-electron chi connectivity index (χ2n) is 5.73. The van der Waals surface area contributed by atoms with Gasteiger partial charge in [0.05, 0.1) is 21.6 Å². The number of nitrogens with zero attached hydrogens (tertiary/aromatic N) is 2. The molecule has 0 saturated heterocycles. The predicted molar refractivity (Wildman–Crippen MR) is 98.3 cm³/mol. The third-order valence-corrected chi connectivity index (χ3v) is 4.35. The number of aromatic nitrogens is 2. The summed E-state index contributed by atoms with van der Waals surface area (Å²) in [5.74, 6) is -0.401. The van der Waals surface area contributed by atoms with Crippen molar-refractivity contribution in [1.82, 2.24) is 9.13 Å². The molecule has 3 rings (SSSR count). The summed E-state index contributed by atoms with van der Waals surface area (Å²) in [7, 11) is 1.39. The van der Waals surface area contributed by atoms with E-state index in [1.165, 1.54) is 11.6 Å². The van der Waals surface area contributed by atoms with E-state index in [-0.39, 0.29) is 12.1 Å². The van der Waals surface area contributed by atoms with Gasteiger partial charge in [0.2, 0.25) is 5.91 Å². The number of aryl methyl sites for hydroxylation is 1. The molecule has 0 fully saturated rings. The maximum Gasteiger partial charge on any atom is 0.331 e. The zero-order chi connectivity index (χ0) is 18.1. The summed E-state index contributed by atoms with van der Waals surface area (Å²) in [5.41, 5.74) is 0.811. The molecule has 0 spiro atoms. The van der Waals surface area contributed by atoms with Crippen LogP contribution in [-0.2, 0) is 18.4 Å². The Hall–Kier alpha value is -2.86. The molecule has 1 aromatic heterocycles. The fraction of sp³-hybridized carbons (Fsp3) is 0.167. The Kier molecular flexibility index (Phi) is 4.46. The number of rotatable bonds is 3. The molecular formula is C18H16ClN3O3. The number of benzene rings is 2. The van der Waals surface area contributed by atoms with Crippen LogP contribution in [0.3, 0.4) is 0 Å². The summed E-state index contributed by atoms with van der Waals surface area (Å²) in [6, 6.07) is 12.0. The molecular weight excluding hydrogens is 342 g/mol. The molecule has 0 unspecified atom stereocenters. The van der Waals surface area contributed by atoms with Crippen molar-refractivity contribution in [2.24, 2.45) is 7.05 Å². The van der Waals surface area contributed by atoms with Crippen molar-refractivity contribution in [3.8, 4) is 0 Å². The van der Waals surface area contributed by atoms with E-state index in [1.54, 1.807) is 36.4 Å². The monoisotopic (exact) mass is 357 g/mol. The molecule has 0 aliphatic heterocycles. The number of nitrogens with one attached hydrogen (secondary N) is 1. The van der Waals surface area contributed by atoms with Crippen LogP contribution in [-0.4, -0.2) is 15.0 Å². The molecule has 1 heterocycles. The lowest BCUT2D eigenvalue weighted by Crippen LogP contribution is -2.40. The summed E-state index contributed by atoms with van der Waals surface area (Å²) in [5, 5.41) is 3.54. The Morgan fingerprint density at radius 2 is 1.84 bits per heavy atom. The number of carbonyl (C=O) groups excluding carboxylic acids is 1. The molecule has 25 heavy (non-hydrogen) atoms. The minimum absolute atomic E-state index is 0.224. The van der Waals surface area contributed by atoms with E-state index in [9.17, 15) is 14.4 Å². The smallest absolute Gasteiger partial charge is 0.323 e. The molecule has 0 aliphatic rings. The fourth-order valence-corrected chi connectivity index (χ4v) is 2.98. The van der Waals surface area contributed by atoms with Crippen LogP contribution in [0.4, 0.5) is 5.69 Å². The molecule has 6 nitrogen and oxygen atoms in total. The van der Waals surface area contributed by atoms with Gasteiger partial charge in [0, 0.05) is 7.05 Å². The minimum atomic E-state index is -0.547. The first-order valence-electron chi connectivity index (χ1n) is 7.63. The first-order chi connectivity index (χ1) is 11.9. The molecule has 7 heteroatoms. The highest BCUT2D eigenvalue weighted by molar-refractivity contribution is 6.33. The van der Waals surface area contributed by atoms with Gasteiger partial charge < -0.3 is 5.32 Å². The third-order valence-electron chi connectivity index (χ3n) is 4.04. The third kappa shape index (κ3) is 3.08. The number of hydrogen-bond donors (Lipinski definition) is 1. The number of para-hydroxylation sites is 2. The largest absolute Gasteiger partial charge is 0.331 e. The first kappa shape index (κ1) is 17.0. The van der Waals surface area contributed by atoms with Crippen LogP contribution < -0.4 is 16.6 Å². The quantitative estimate of drug-likeness (QED) is 0.781. The Labute approximate surface area is 148 Å². The van der Waals surface area contributed by atoms with E-state index >= 15 is 0 Å². The highest BCUT2D eigenvalue weighted by atomic mass is 35.5. The van der Waals surface area contributed by atoms with Gasteiger partial charge in [-0.2, -0.15) is 0 Å². The number of fused-ring (bicyclic) bond motifs is 1. The fourth-order valence-electron chi connectivity index (χ4n) is 2.71. The summed E-state index contributed by atoms with van der Waals surface area (Å²) < 4.78 is 2.27. The number of anilines is 1. The van der Waals surface area contributed by atoms with Crippen LogP contribution in [0.15, 0.2) is 52.1 Å². The molecule has 1 amide bonds. The van der Waals surface area contributed by atoms with Gasteiger partial charge in [-0.15, -0.1) is 0 Å². The highest BCUT2D eigenvalue weighted by Crippen LogP contribution is 2.25. The van der Waals surface area contributed by atoms with Gasteiger partial charge in [0.15, 0.2) is 0 Å². The molecule has 1 N–H and O–H groups in total. The topological polar surface area (TPSA) is 73.1 Å². The number of halogens is 1. The van der Waals surface area contributed by atoms with E-state index in [2.05, 4.69) is 5.32 Å². The predicted octanol–water partition coefficient (Wildman–Crippen LogP) is 2.30. The van der Waals surface area contributed by atoms with E-state index in [1.807, 2.05) is 13.0 Å².